The van der Waals surface area contributed by atoms with Crippen LogP contribution in [0.5, 0.6) is 0 Å². The number of aryl methyl sites for hydroxylation is 1. The number of guanidine groups is 1. The Labute approximate surface area is 172 Å². The van der Waals surface area contributed by atoms with Gasteiger partial charge in [-0.2, -0.15) is 0 Å². The number of aliphatic hydroxyl groups excluding tert-OH is 1. The summed E-state index contributed by atoms with van der Waals surface area (Å²) in [6, 6.07) is 24.2. The molecular weight excluding hydrogens is 360 g/mol. The van der Waals surface area contributed by atoms with Crippen LogP contribution in [0.2, 0.25) is 0 Å². The van der Waals surface area contributed by atoms with E-state index in [-0.39, 0.29) is 12.5 Å². The largest absolute Gasteiger partial charge is 0.396 e. The van der Waals surface area contributed by atoms with Crippen LogP contribution in [0.1, 0.15) is 16.8 Å². The Balaban J connectivity index is 1.66. The van der Waals surface area contributed by atoms with E-state index in [2.05, 4.69) is 46.8 Å². The molecule has 29 heavy (non-hydrogen) atoms. The summed E-state index contributed by atoms with van der Waals surface area (Å²) in [7, 11) is 0. The van der Waals surface area contributed by atoms with Gasteiger partial charge in [0, 0.05) is 36.6 Å². The number of benzene rings is 2. The highest BCUT2D eigenvalue weighted by Crippen LogP contribution is 2.09. The molecule has 1 unspecified atom stereocenters. The molecule has 1 aromatic heterocycles. The molecule has 5 heteroatoms. The SMILES string of the molecule is Cc1ccc(CN=C(NCC(CO)Cc2ccccn2)Nc2ccccc2)cc1. The van der Waals surface area contributed by atoms with Crippen LogP contribution in [0.25, 0.3) is 0 Å². The number of nitrogens with one attached hydrogen (secondary N) is 2. The maximum Gasteiger partial charge on any atom is 0.196 e. The highest BCUT2D eigenvalue weighted by molar-refractivity contribution is 5.93. The minimum atomic E-state index is 0.0482. The van der Waals surface area contributed by atoms with Crippen molar-refractivity contribution in [3.63, 3.8) is 0 Å². The van der Waals surface area contributed by atoms with Crippen LogP contribution in [0, 0.1) is 12.8 Å². The van der Waals surface area contributed by atoms with Gasteiger partial charge in [0.1, 0.15) is 0 Å². The Morgan fingerprint density at radius 1 is 1.00 bits per heavy atom. The lowest BCUT2D eigenvalue weighted by molar-refractivity contribution is 0.225. The molecule has 3 rings (SSSR count). The molecule has 150 valence electrons. The third-order valence-electron chi connectivity index (χ3n) is 4.62. The van der Waals surface area contributed by atoms with E-state index in [1.54, 1.807) is 6.20 Å². The molecule has 0 saturated carbocycles. The van der Waals surface area contributed by atoms with Crippen molar-refractivity contribution in [2.75, 3.05) is 18.5 Å². The predicted octanol–water partition coefficient (Wildman–Crippen LogP) is 3.80. The molecule has 5 nitrogen and oxygen atoms in total. The maximum absolute atomic E-state index is 9.80. The number of para-hydroxylation sites is 1. The van der Waals surface area contributed by atoms with Crippen molar-refractivity contribution in [3.05, 3.63) is 95.8 Å². The van der Waals surface area contributed by atoms with Gasteiger partial charge >= 0.3 is 0 Å². The van der Waals surface area contributed by atoms with Gasteiger partial charge in [-0.25, -0.2) is 4.99 Å². The van der Waals surface area contributed by atoms with Crippen LogP contribution in [0.15, 0.2) is 84.0 Å². The summed E-state index contributed by atoms with van der Waals surface area (Å²) in [6.07, 6.45) is 2.49. The quantitative estimate of drug-likeness (QED) is 0.406. The molecule has 0 spiro atoms. The van der Waals surface area contributed by atoms with Crippen molar-refractivity contribution in [2.45, 2.75) is 19.9 Å². The maximum atomic E-state index is 9.80. The fourth-order valence-electron chi connectivity index (χ4n) is 2.92. The van der Waals surface area contributed by atoms with Crippen LogP contribution >= 0.6 is 0 Å². The summed E-state index contributed by atoms with van der Waals surface area (Å²) in [5, 5.41) is 16.5. The van der Waals surface area contributed by atoms with E-state index < -0.39 is 0 Å². The van der Waals surface area contributed by atoms with E-state index in [1.165, 1.54) is 5.56 Å². The second kappa shape index (κ2) is 11.0. The Bertz CT molecular complexity index is 880. The minimum absolute atomic E-state index is 0.0482. The molecule has 0 radical (unpaired) electrons. The number of anilines is 1. The molecule has 3 aromatic rings. The van der Waals surface area contributed by atoms with Crippen LogP contribution in [-0.2, 0) is 13.0 Å². The van der Waals surface area contributed by atoms with Gasteiger partial charge in [0.05, 0.1) is 6.54 Å². The summed E-state index contributed by atoms with van der Waals surface area (Å²) in [4.78, 5) is 9.09. The summed E-state index contributed by atoms with van der Waals surface area (Å²) >= 11 is 0. The Morgan fingerprint density at radius 2 is 1.76 bits per heavy atom. The van der Waals surface area contributed by atoms with Crippen LogP contribution in [-0.4, -0.2) is 29.2 Å². The Morgan fingerprint density at radius 3 is 2.45 bits per heavy atom. The first-order valence-corrected chi connectivity index (χ1v) is 9.89. The van der Waals surface area contributed by atoms with Crippen LogP contribution in [0.3, 0.4) is 0 Å². The smallest absolute Gasteiger partial charge is 0.196 e. The number of hydrogen-bond acceptors (Lipinski definition) is 3. The van der Waals surface area contributed by atoms with E-state index in [9.17, 15) is 5.11 Å². The molecule has 0 saturated heterocycles. The first-order valence-electron chi connectivity index (χ1n) is 9.89. The lowest BCUT2D eigenvalue weighted by atomic mass is 10.0. The molecular formula is C24H28N4O. The van der Waals surface area contributed by atoms with Crippen molar-refractivity contribution in [1.29, 1.82) is 0 Å². The van der Waals surface area contributed by atoms with E-state index in [0.29, 0.717) is 25.5 Å². The van der Waals surface area contributed by atoms with E-state index in [0.717, 1.165) is 16.9 Å². The molecule has 0 amide bonds. The van der Waals surface area contributed by atoms with Crippen molar-refractivity contribution in [3.8, 4) is 0 Å². The van der Waals surface area contributed by atoms with Gasteiger partial charge in [-0.3, -0.25) is 4.98 Å². The second-order valence-corrected chi connectivity index (χ2v) is 7.10. The summed E-state index contributed by atoms with van der Waals surface area (Å²) in [6.45, 7) is 3.33. The molecule has 0 aliphatic heterocycles. The molecule has 1 atom stereocenters. The Kier molecular flexibility index (Phi) is 7.78. The van der Waals surface area contributed by atoms with Gasteiger partial charge in [-0.1, -0.05) is 54.1 Å². The number of hydrogen-bond donors (Lipinski definition) is 3. The molecule has 2 aromatic carbocycles. The monoisotopic (exact) mass is 388 g/mol. The van der Waals surface area contributed by atoms with Gasteiger partial charge in [-0.15, -0.1) is 0 Å². The number of rotatable bonds is 8. The average Bonchev–Trinajstić information content (AvgIpc) is 2.77. The third kappa shape index (κ3) is 7.05. The first kappa shape index (κ1) is 20.6. The summed E-state index contributed by atoms with van der Waals surface area (Å²) < 4.78 is 0. The van der Waals surface area contributed by atoms with Gasteiger partial charge in [0.15, 0.2) is 5.96 Å². The lowest BCUT2D eigenvalue weighted by Crippen LogP contribution is -2.36. The zero-order chi connectivity index (χ0) is 20.3. The van der Waals surface area contributed by atoms with Crippen molar-refractivity contribution >= 4 is 11.6 Å². The fourth-order valence-corrected chi connectivity index (χ4v) is 2.92. The predicted molar refractivity (Wildman–Crippen MR) is 119 cm³/mol. The van der Waals surface area contributed by atoms with Crippen molar-refractivity contribution in [1.82, 2.24) is 10.3 Å². The van der Waals surface area contributed by atoms with Crippen LogP contribution in [0.4, 0.5) is 5.69 Å². The van der Waals surface area contributed by atoms with Crippen molar-refractivity contribution < 1.29 is 5.11 Å². The third-order valence-corrected chi connectivity index (χ3v) is 4.62. The topological polar surface area (TPSA) is 69.5 Å². The van der Waals surface area contributed by atoms with Gasteiger partial charge < -0.3 is 15.7 Å². The van der Waals surface area contributed by atoms with Crippen LogP contribution < -0.4 is 10.6 Å². The number of aliphatic hydroxyl groups is 1. The van der Waals surface area contributed by atoms with Gasteiger partial charge in [0.25, 0.3) is 0 Å². The zero-order valence-corrected chi connectivity index (χ0v) is 16.8. The summed E-state index contributed by atoms with van der Waals surface area (Å²) in [5.41, 5.74) is 4.33. The molecule has 0 aliphatic carbocycles. The highest BCUT2D eigenvalue weighted by Gasteiger charge is 2.11. The molecule has 0 fully saturated rings. The van der Waals surface area contributed by atoms with E-state index in [1.807, 2.05) is 48.5 Å². The highest BCUT2D eigenvalue weighted by atomic mass is 16.3. The molecule has 3 N–H and O–H groups in total. The van der Waals surface area contributed by atoms with E-state index >= 15 is 0 Å². The molecule has 0 aliphatic rings. The molecule has 0 bridgehead atoms. The van der Waals surface area contributed by atoms with Gasteiger partial charge in [0.2, 0.25) is 0 Å². The standard InChI is InChI=1S/C24H28N4O/c1-19-10-12-20(13-11-19)16-26-24(28-22-7-3-2-4-8-22)27-17-21(18-29)15-23-9-5-6-14-25-23/h2-14,21,29H,15-18H2,1H3,(H2,26,27,28). The second-order valence-electron chi connectivity index (χ2n) is 7.10. The number of aromatic nitrogens is 1. The van der Waals surface area contributed by atoms with E-state index in [4.69, 9.17) is 4.99 Å². The first-order chi connectivity index (χ1) is 14.2. The minimum Gasteiger partial charge on any atom is -0.396 e. The summed E-state index contributed by atoms with van der Waals surface area (Å²) in [5.74, 6) is 0.739. The van der Waals surface area contributed by atoms with Crippen molar-refractivity contribution in [2.24, 2.45) is 10.9 Å². The number of aliphatic imine (C=N–C) groups is 1. The number of nitrogens with zero attached hydrogens (tertiary/aromatic N) is 2. The average molecular weight is 389 g/mol. The fraction of sp³-hybridized carbons (Fsp3) is 0.250. The van der Waals surface area contributed by atoms with Gasteiger partial charge in [-0.05, 0) is 43.2 Å². The zero-order valence-electron chi connectivity index (χ0n) is 16.8. The number of pyridine rings is 1. The Hall–Kier alpha value is -3.18. The normalized spacial score (nSPS) is 12.4. The lowest BCUT2D eigenvalue weighted by Gasteiger charge is -2.18. The molecule has 1 heterocycles.